The second kappa shape index (κ2) is 7.72. The largest absolute Gasteiger partial charge is 0.311 e. The van der Waals surface area contributed by atoms with E-state index >= 15 is 0 Å². The van der Waals surface area contributed by atoms with Gasteiger partial charge in [0, 0.05) is 25.3 Å². The maximum atomic E-state index is 12.1. The molecular weight excluding hydrogens is 312 g/mol. The number of rotatable bonds is 8. The average Bonchev–Trinajstić information content (AvgIpc) is 2.98. The molecule has 0 unspecified atom stereocenters. The summed E-state index contributed by atoms with van der Waals surface area (Å²) in [5.41, 5.74) is 1.12. The van der Waals surface area contributed by atoms with Crippen molar-refractivity contribution in [1.82, 2.24) is 19.8 Å². The van der Waals surface area contributed by atoms with Crippen molar-refractivity contribution < 1.29 is 8.42 Å². The summed E-state index contributed by atoms with van der Waals surface area (Å²) in [5, 5.41) is 7.64. The molecule has 2 rings (SSSR count). The molecule has 0 bridgehead atoms. The van der Waals surface area contributed by atoms with Crippen LogP contribution in [0.15, 0.2) is 47.6 Å². The highest BCUT2D eigenvalue weighted by molar-refractivity contribution is 7.89. The number of benzene rings is 1. The van der Waals surface area contributed by atoms with Gasteiger partial charge in [0.15, 0.2) is 0 Å². The van der Waals surface area contributed by atoms with E-state index in [4.69, 9.17) is 0 Å². The van der Waals surface area contributed by atoms with E-state index in [1.54, 1.807) is 30.3 Å². The molecule has 0 aliphatic heterocycles. The Balaban J connectivity index is 1.79. The summed E-state index contributed by atoms with van der Waals surface area (Å²) < 4.78 is 28.7. The van der Waals surface area contributed by atoms with Gasteiger partial charge in [0.1, 0.15) is 0 Å². The molecule has 1 aromatic carbocycles. The zero-order valence-corrected chi connectivity index (χ0v) is 14.5. The van der Waals surface area contributed by atoms with Gasteiger partial charge in [0.2, 0.25) is 10.0 Å². The molecule has 126 valence electrons. The minimum atomic E-state index is -3.43. The molecule has 0 saturated carbocycles. The summed E-state index contributed by atoms with van der Waals surface area (Å²) in [6.45, 7) is 7.04. The summed E-state index contributed by atoms with van der Waals surface area (Å²) in [6.07, 6.45) is 3.83. The zero-order chi connectivity index (χ0) is 16.9. The molecule has 7 heteroatoms. The molecule has 0 saturated heterocycles. The van der Waals surface area contributed by atoms with Crippen LogP contribution in [0, 0.1) is 6.92 Å². The Morgan fingerprint density at radius 1 is 1.17 bits per heavy atom. The first kappa shape index (κ1) is 17.7. The number of aryl methyl sites for hydroxylation is 1. The molecule has 2 atom stereocenters. The molecule has 0 fully saturated rings. The van der Waals surface area contributed by atoms with Crippen LogP contribution < -0.4 is 10.0 Å². The zero-order valence-electron chi connectivity index (χ0n) is 13.7. The van der Waals surface area contributed by atoms with Crippen LogP contribution in [0.3, 0.4) is 0 Å². The van der Waals surface area contributed by atoms with E-state index in [0.29, 0.717) is 13.1 Å². The van der Waals surface area contributed by atoms with Crippen LogP contribution in [0.4, 0.5) is 0 Å². The summed E-state index contributed by atoms with van der Waals surface area (Å²) in [7, 11) is -3.43. The molecule has 1 heterocycles. The Kier molecular flexibility index (Phi) is 5.92. The second-order valence-corrected chi connectivity index (χ2v) is 7.46. The van der Waals surface area contributed by atoms with Gasteiger partial charge in [-0.2, -0.15) is 5.10 Å². The summed E-state index contributed by atoms with van der Waals surface area (Å²) in [5.74, 6) is 0. The van der Waals surface area contributed by atoms with Crippen LogP contribution in [0.5, 0.6) is 0 Å². The fourth-order valence-electron chi connectivity index (χ4n) is 2.22. The highest BCUT2D eigenvalue weighted by Crippen LogP contribution is 2.10. The number of hydrogen-bond acceptors (Lipinski definition) is 4. The Labute approximate surface area is 138 Å². The van der Waals surface area contributed by atoms with Crippen LogP contribution >= 0.6 is 0 Å². The third kappa shape index (κ3) is 4.89. The van der Waals surface area contributed by atoms with E-state index < -0.39 is 10.0 Å². The van der Waals surface area contributed by atoms with Gasteiger partial charge in [-0.3, -0.25) is 4.68 Å². The molecule has 23 heavy (non-hydrogen) atoms. The minimum Gasteiger partial charge on any atom is -0.311 e. The molecule has 0 aliphatic rings. The number of sulfonamides is 1. The van der Waals surface area contributed by atoms with Gasteiger partial charge in [-0.15, -0.1) is 0 Å². The predicted octanol–water partition coefficient (Wildman–Crippen LogP) is 1.71. The maximum Gasteiger partial charge on any atom is 0.240 e. The molecule has 1 aromatic heterocycles. The molecule has 0 spiro atoms. The molecule has 0 amide bonds. The van der Waals surface area contributed by atoms with Crippen molar-refractivity contribution >= 4 is 10.0 Å². The highest BCUT2D eigenvalue weighted by Gasteiger charge is 2.15. The quantitative estimate of drug-likeness (QED) is 0.720. The predicted molar refractivity (Wildman–Crippen MR) is 90.8 cm³/mol. The summed E-state index contributed by atoms with van der Waals surface area (Å²) >= 11 is 0. The molecular formula is C16H24N4O2S. The van der Waals surface area contributed by atoms with Crippen molar-refractivity contribution in [2.45, 2.75) is 37.8 Å². The van der Waals surface area contributed by atoms with E-state index in [2.05, 4.69) is 29.0 Å². The number of nitrogens with one attached hydrogen (secondary N) is 2. The number of nitrogens with zero attached hydrogens (tertiary/aromatic N) is 2. The maximum absolute atomic E-state index is 12.1. The topological polar surface area (TPSA) is 76.0 Å². The number of hydrogen-bond donors (Lipinski definition) is 2. The molecule has 0 aliphatic carbocycles. The van der Waals surface area contributed by atoms with Gasteiger partial charge >= 0.3 is 0 Å². The van der Waals surface area contributed by atoms with Crippen LogP contribution in [0.2, 0.25) is 0 Å². The summed E-state index contributed by atoms with van der Waals surface area (Å²) in [4.78, 5) is 0.286. The van der Waals surface area contributed by atoms with Crippen molar-refractivity contribution in [2.24, 2.45) is 0 Å². The lowest BCUT2D eigenvalue weighted by Crippen LogP contribution is -2.39. The van der Waals surface area contributed by atoms with E-state index in [1.807, 2.05) is 24.0 Å². The number of aromatic nitrogens is 2. The summed E-state index contributed by atoms with van der Waals surface area (Å²) in [6, 6.07) is 8.75. The molecule has 2 N–H and O–H groups in total. The van der Waals surface area contributed by atoms with E-state index in [9.17, 15) is 8.42 Å². The van der Waals surface area contributed by atoms with Crippen molar-refractivity contribution in [3.8, 4) is 0 Å². The normalized spacial score (nSPS) is 14.6. The first-order valence-corrected chi connectivity index (χ1v) is 9.17. The lowest BCUT2D eigenvalue weighted by Gasteiger charge is -2.22. The molecule has 0 radical (unpaired) electrons. The fraction of sp³-hybridized carbons (Fsp3) is 0.438. The van der Waals surface area contributed by atoms with Crippen molar-refractivity contribution in [3.63, 3.8) is 0 Å². The van der Waals surface area contributed by atoms with Gasteiger partial charge < -0.3 is 5.32 Å². The van der Waals surface area contributed by atoms with Gasteiger partial charge in [0.05, 0.1) is 17.1 Å². The van der Waals surface area contributed by atoms with Crippen LogP contribution in [0.25, 0.3) is 0 Å². The van der Waals surface area contributed by atoms with Crippen molar-refractivity contribution in [3.05, 3.63) is 48.3 Å². The lowest BCUT2D eigenvalue weighted by molar-refractivity contribution is 0.368. The Morgan fingerprint density at radius 3 is 2.48 bits per heavy atom. The SMILES string of the molecule is Cc1cnn([C@@H](C)[C@@H](C)NCCNS(=O)(=O)c2ccccc2)c1. The van der Waals surface area contributed by atoms with Gasteiger partial charge in [-0.1, -0.05) is 18.2 Å². The van der Waals surface area contributed by atoms with Crippen molar-refractivity contribution in [1.29, 1.82) is 0 Å². The van der Waals surface area contributed by atoms with E-state index in [0.717, 1.165) is 5.56 Å². The fourth-order valence-corrected chi connectivity index (χ4v) is 3.28. The van der Waals surface area contributed by atoms with Gasteiger partial charge in [0.25, 0.3) is 0 Å². The average molecular weight is 336 g/mol. The van der Waals surface area contributed by atoms with Gasteiger partial charge in [-0.05, 0) is 38.5 Å². The first-order chi connectivity index (χ1) is 10.9. The Morgan fingerprint density at radius 2 is 1.87 bits per heavy atom. The van der Waals surface area contributed by atoms with E-state index in [-0.39, 0.29) is 17.0 Å². The van der Waals surface area contributed by atoms with Crippen LogP contribution in [0.1, 0.15) is 25.5 Å². The smallest absolute Gasteiger partial charge is 0.240 e. The third-order valence-electron chi connectivity index (χ3n) is 3.81. The lowest BCUT2D eigenvalue weighted by atomic mass is 10.2. The van der Waals surface area contributed by atoms with E-state index in [1.165, 1.54) is 0 Å². The third-order valence-corrected chi connectivity index (χ3v) is 5.29. The Bertz CT molecular complexity index is 713. The molecule has 2 aromatic rings. The monoisotopic (exact) mass is 336 g/mol. The van der Waals surface area contributed by atoms with Crippen molar-refractivity contribution in [2.75, 3.05) is 13.1 Å². The van der Waals surface area contributed by atoms with Crippen LogP contribution in [-0.4, -0.2) is 37.3 Å². The van der Waals surface area contributed by atoms with Crippen LogP contribution in [-0.2, 0) is 10.0 Å². The Hall–Kier alpha value is -1.70. The minimum absolute atomic E-state index is 0.176. The second-order valence-electron chi connectivity index (χ2n) is 5.69. The standard InChI is InChI=1S/C16H24N4O2S/c1-13-11-18-20(12-13)15(3)14(2)17-9-10-19-23(21,22)16-7-5-4-6-8-16/h4-8,11-12,14-15,17,19H,9-10H2,1-3H3/t14-,15+/m1/s1. The molecule has 6 nitrogen and oxygen atoms in total. The first-order valence-electron chi connectivity index (χ1n) is 7.69. The van der Waals surface area contributed by atoms with Gasteiger partial charge in [-0.25, -0.2) is 13.1 Å². The highest BCUT2D eigenvalue weighted by atomic mass is 32.2.